The summed E-state index contributed by atoms with van der Waals surface area (Å²) in [6.45, 7) is 6.16. The lowest BCUT2D eigenvalue weighted by molar-refractivity contribution is 0.147. The lowest BCUT2D eigenvalue weighted by Crippen LogP contribution is -2.38. The van der Waals surface area contributed by atoms with Gasteiger partial charge in [0.2, 0.25) is 0 Å². The molecule has 16 heavy (non-hydrogen) atoms. The van der Waals surface area contributed by atoms with E-state index in [4.69, 9.17) is 4.74 Å². The van der Waals surface area contributed by atoms with Crippen LogP contribution in [0.3, 0.4) is 0 Å². The summed E-state index contributed by atoms with van der Waals surface area (Å²) >= 11 is 0. The number of rotatable bonds is 7. The Morgan fingerprint density at radius 2 is 2.25 bits per heavy atom. The zero-order chi connectivity index (χ0) is 11.8. The standard InChI is InChI=1S/C13H22N2O/c1-11(2)13(10-16-3)15-8-6-12-5-4-7-14-9-12/h4-5,7,9,11,13,15H,6,8,10H2,1-3H3. The van der Waals surface area contributed by atoms with Gasteiger partial charge in [-0.2, -0.15) is 0 Å². The highest BCUT2D eigenvalue weighted by molar-refractivity contribution is 5.08. The minimum absolute atomic E-state index is 0.432. The van der Waals surface area contributed by atoms with E-state index in [2.05, 4.69) is 30.2 Å². The molecule has 0 amide bonds. The van der Waals surface area contributed by atoms with Crippen LogP contribution in [0, 0.1) is 5.92 Å². The summed E-state index contributed by atoms with van der Waals surface area (Å²) in [5.41, 5.74) is 1.27. The Kier molecular flexibility index (Phi) is 6.04. The number of hydrogen-bond donors (Lipinski definition) is 1. The molecule has 0 aliphatic heterocycles. The third-order valence-electron chi connectivity index (χ3n) is 2.69. The zero-order valence-corrected chi connectivity index (χ0v) is 10.4. The molecular formula is C13H22N2O. The summed E-state index contributed by atoms with van der Waals surface area (Å²) in [7, 11) is 1.75. The van der Waals surface area contributed by atoms with Crippen molar-refractivity contribution in [1.29, 1.82) is 0 Å². The Morgan fingerprint density at radius 3 is 2.81 bits per heavy atom. The van der Waals surface area contributed by atoms with Crippen molar-refractivity contribution in [3.63, 3.8) is 0 Å². The van der Waals surface area contributed by atoms with Crippen molar-refractivity contribution in [3.05, 3.63) is 30.1 Å². The predicted molar refractivity (Wildman–Crippen MR) is 66.4 cm³/mol. The molecule has 0 aromatic carbocycles. The van der Waals surface area contributed by atoms with Crippen molar-refractivity contribution < 1.29 is 4.74 Å². The summed E-state index contributed by atoms with van der Waals surface area (Å²) in [4.78, 5) is 4.10. The molecule has 1 unspecified atom stereocenters. The topological polar surface area (TPSA) is 34.1 Å². The average Bonchev–Trinajstić information content (AvgIpc) is 2.29. The minimum atomic E-state index is 0.432. The summed E-state index contributed by atoms with van der Waals surface area (Å²) in [5, 5.41) is 3.52. The molecule has 0 spiro atoms. The molecule has 0 radical (unpaired) electrons. The normalized spacial score (nSPS) is 13.0. The van der Waals surface area contributed by atoms with Crippen molar-refractivity contribution in [2.75, 3.05) is 20.3 Å². The van der Waals surface area contributed by atoms with Gasteiger partial charge in [0.25, 0.3) is 0 Å². The van der Waals surface area contributed by atoms with Gasteiger partial charge >= 0.3 is 0 Å². The number of nitrogens with one attached hydrogen (secondary N) is 1. The average molecular weight is 222 g/mol. The van der Waals surface area contributed by atoms with Gasteiger partial charge in [-0.3, -0.25) is 4.98 Å². The molecule has 0 fully saturated rings. The number of hydrogen-bond acceptors (Lipinski definition) is 3. The monoisotopic (exact) mass is 222 g/mol. The first-order valence-corrected chi connectivity index (χ1v) is 5.85. The SMILES string of the molecule is COCC(NCCc1cccnc1)C(C)C. The molecule has 3 nitrogen and oxygen atoms in total. The van der Waals surface area contributed by atoms with Crippen LogP contribution in [0.1, 0.15) is 19.4 Å². The second-order valence-electron chi connectivity index (χ2n) is 4.37. The van der Waals surface area contributed by atoms with Crippen LogP contribution in [-0.2, 0) is 11.2 Å². The smallest absolute Gasteiger partial charge is 0.0618 e. The van der Waals surface area contributed by atoms with Crippen LogP contribution >= 0.6 is 0 Å². The van der Waals surface area contributed by atoms with Gasteiger partial charge in [-0.15, -0.1) is 0 Å². The molecule has 0 aliphatic carbocycles. The second kappa shape index (κ2) is 7.36. The van der Waals surface area contributed by atoms with Crippen molar-refractivity contribution in [3.8, 4) is 0 Å². The number of nitrogens with zero attached hydrogens (tertiary/aromatic N) is 1. The maximum atomic E-state index is 5.19. The first-order valence-electron chi connectivity index (χ1n) is 5.85. The van der Waals surface area contributed by atoms with Crippen LogP contribution in [0.4, 0.5) is 0 Å². The molecule has 0 aliphatic rings. The van der Waals surface area contributed by atoms with Gasteiger partial charge < -0.3 is 10.1 Å². The summed E-state index contributed by atoms with van der Waals surface area (Å²) in [6.07, 6.45) is 4.74. The lowest BCUT2D eigenvalue weighted by Gasteiger charge is -2.21. The number of methoxy groups -OCH3 is 1. The van der Waals surface area contributed by atoms with Crippen LogP contribution < -0.4 is 5.32 Å². The Morgan fingerprint density at radius 1 is 1.44 bits per heavy atom. The van der Waals surface area contributed by atoms with E-state index in [9.17, 15) is 0 Å². The maximum absolute atomic E-state index is 5.19. The van der Waals surface area contributed by atoms with Gasteiger partial charge in [0.15, 0.2) is 0 Å². The van der Waals surface area contributed by atoms with Crippen LogP contribution in [0.25, 0.3) is 0 Å². The van der Waals surface area contributed by atoms with E-state index in [0.717, 1.165) is 19.6 Å². The summed E-state index contributed by atoms with van der Waals surface area (Å²) in [6, 6.07) is 4.52. The molecular weight excluding hydrogens is 200 g/mol. The summed E-state index contributed by atoms with van der Waals surface area (Å²) < 4.78 is 5.19. The van der Waals surface area contributed by atoms with E-state index in [0.29, 0.717) is 12.0 Å². The molecule has 1 aromatic heterocycles. The van der Waals surface area contributed by atoms with Gasteiger partial charge in [0.05, 0.1) is 6.61 Å². The predicted octanol–water partition coefficient (Wildman–Crippen LogP) is 1.88. The van der Waals surface area contributed by atoms with Crippen molar-refractivity contribution >= 4 is 0 Å². The first-order chi connectivity index (χ1) is 7.74. The van der Waals surface area contributed by atoms with E-state index in [1.165, 1.54) is 5.56 Å². The highest BCUT2D eigenvalue weighted by Crippen LogP contribution is 2.02. The second-order valence-corrected chi connectivity index (χ2v) is 4.37. The van der Waals surface area contributed by atoms with Gasteiger partial charge in [0.1, 0.15) is 0 Å². The molecule has 1 rings (SSSR count). The van der Waals surface area contributed by atoms with E-state index >= 15 is 0 Å². The molecule has 90 valence electrons. The fraction of sp³-hybridized carbons (Fsp3) is 0.615. The number of ether oxygens (including phenoxy) is 1. The van der Waals surface area contributed by atoms with Gasteiger partial charge in [-0.1, -0.05) is 19.9 Å². The van der Waals surface area contributed by atoms with Crippen LogP contribution in [-0.4, -0.2) is 31.3 Å². The Hall–Kier alpha value is -0.930. The Bertz CT molecular complexity index is 275. The number of pyridine rings is 1. The molecule has 1 N–H and O–H groups in total. The zero-order valence-electron chi connectivity index (χ0n) is 10.4. The lowest BCUT2D eigenvalue weighted by atomic mass is 10.1. The third-order valence-corrected chi connectivity index (χ3v) is 2.69. The molecule has 0 saturated heterocycles. The summed E-state index contributed by atoms with van der Waals surface area (Å²) in [5.74, 6) is 0.592. The quantitative estimate of drug-likeness (QED) is 0.765. The van der Waals surface area contributed by atoms with E-state index in [-0.39, 0.29) is 0 Å². The first kappa shape index (κ1) is 13.1. The minimum Gasteiger partial charge on any atom is -0.383 e. The van der Waals surface area contributed by atoms with Gasteiger partial charge in [-0.25, -0.2) is 0 Å². The fourth-order valence-electron chi connectivity index (χ4n) is 1.61. The van der Waals surface area contributed by atoms with E-state index in [1.54, 1.807) is 13.3 Å². The van der Waals surface area contributed by atoms with Crippen molar-refractivity contribution in [2.24, 2.45) is 5.92 Å². The van der Waals surface area contributed by atoms with Crippen LogP contribution in [0.15, 0.2) is 24.5 Å². The highest BCUT2D eigenvalue weighted by Gasteiger charge is 2.11. The van der Waals surface area contributed by atoms with Gasteiger partial charge in [-0.05, 0) is 30.5 Å². The van der Waals surface area contributed by atoms with Gasteiger partial charge in [0, 0.05) is 25.5 Å². The van der Waals surface area contributed by atoms with Crippen molar-refractivity contribution in [2.45, 2.75) is 26.3 Å². The molecule has 1 heterocycles. The van der Waals surface area contributed by atoms with Crippen LogP contribution in [0.2, 0.25) is 0 Å². The maximum Gasteiger partial charge on any atom is 0.0618 e. The molecule has 3 heteroatoms. The highest BCUT2D eigenvalue weighted by atomic mass is 16.5. The molecule has 1 aromatic rings. The number of aromatic nitrogens is 1. The van der Waals surface area contributed by atoms with Crippen LogP contribution in [0.5, 0.6) is 0 Å². The van der Waals surface area contributed by atoms with Crippen molar-refractivity contribution in [1.82, 2.24) is 10.3 Å². The molecule has 1 atom stereocenters. The largest absolute Gasteiger partial charge is 0.383 e. The van der Waals surface area contributed by atoms with E-state index in [1.807, 2.05) is 12.3 Å². The third kappa shape index (κ3) is 4.73. The van der Waals surface area contributed by atoms with E-state index < -0.39 is 0 Å². The Balaban J connectivity index is 2.28. The Labute approximate surface area is 98.2 Å². The molecule has 0 bridgehead atoms. The molecule has 0 saturated carbocycles. The fourth-order valence-corrected chi connectivity index (χ4v) is 1.61.